The van der Waals surface area contributed by atoms with Crippen molar-refractivity contribution in [1.29, 1.82) is 0 Å². The summed E-state index contributed by atoms with van der Waals surface area (Å²) >= 11 is 9.09. The second-order valence-corrected chi connectivity index (χ2v) is 7.35. The van der Waals surface area contributed by atoms with Gasteiger partial charge in [-0.1, -0.05) is 35.9 Å². The maximum absolute atomic E-state index is 12.3. The molecule has 0 fully saturated rings. The maximum atomic E-state index is 12.3. The number of hydrogen-bond acceptors (Lipinski definition) is 4. The molecule has 6 heteroatoms. The van der Waals surface area contributed by atoms with Crippen molar-refractivity contribution >= 4 is 56.0 Å². The monoisotopic (exact) mass is 348 g/mol. The second kappa shape index (κ2) is 6.69. The van der Waals surface area contributed by atoms with Crippen molar-refractivity contribution < 1.29 is 4.79 Å². The number of thiazole rings is 1. The first-order valence-electron chi connectivity index (χ1n) is 6.76. The number of thioether (sulfide) groups is 1. The van der Waals surface area contributed by atoms with Crippen LogP contribution in [0, 0.1) is 0 Å². The van der Waals surface area contributed by atoms with Crippen LogP contribution >= 0.6 is 34.7 Å². The molecule has 0 unspecified atom stereocenters. The zero-order chi connectivity index (χ0) is 15.5. The first-order chi connectivity index (χ1) is 10.7. The number of carbonyl (C=O) groups excluding carboxylic acids is 1. The minimum atomic E-state index is -0.149. The summed E-state index contributed by atoms with van der Waals surface area (Å²) in [5, 5.41) is 4.10. The Morgan fingerprint density at radius 2 is 2.18 bits per heavy atom. The van der Waals surface area contributed by atoms with Crippen LogP contribution in [0.2, 0.25) is 5.02 Å². The predicted molar refractivity (Wildman–Crippen MR) is 95.4 cm³/mol. The fraction of sp³-hybridized carbons (Fsp3) is 0.125. The van der Waals surface area contributed by atoms with E-state index in [1.807, 2.05) is 30.3 Å². The lowest BCUT2D eigenvalue weighted by Gasteiger charge is -2.04. The van der Waals surface area contributed by atoms with Gasteiger partial charge < -0.3 is 0 Å². The van der Waals surface area contributed by atoms with E-state index < -0.39 is 0 Å². The van der Waals surface area contributed by atoms with Crippen molar-refractivity contribution in [3.05, 3.63) is 53.1 Å². The van der Waals surface area contributed by atoms with Gasteiger partial charge in [-0.3, -0.25) is 10.1 Å². The molecule has 0 atom stereocenters. The molecule has 0 aliphatic rings. The predicted octanol–water partition coefficient (Wildman–Crippen LogP) is 5.31. The van der Waals surface area contributed by atoms with Gasteiger partial charge in [-0.25, -0.2) is 4.98 Å². The van der Waals surface area contributed by atoms with Crippen LogP contribution in [0.15, 0.2) is 47.4 Å². The van der Waals surface area contributed by atoms with E-state index >= 15 is 0 Å². The molecule has 0 radical (unpaired) electrons. The smallest absolute Gasteiger partial charge is 0.257 e. The highest BCUT2D eigenvalue weighted by Crippen LogP contribution is 2.28. The molecule has 1 aromatic heterocycles. The third-order valence-corrected chi connectivity index (χ3v) is 5.02. The maximum Gasteiger partial charge on any atom is 0.257 e. The van der Waals surface area contributed by atoms with Crippen LogP contribution in [0.5, 0.6) is 0 Å². The van der Waals surface area contributed by atoms with Gasteiger partial charge in [0.1, 0.15) is 0 Å². The quantitative estimate of drug-likeness (QED) is 0.649. The van der Waals surface area contributed by atoms with E-state index in [2.05, 4.69) is 17.2 Å². The molecule has 0 saturated heterocycles. The minimum Gasteiger partial charge on any atom is -0.298 e. The molecule has 112 valence electrons. The minimum absolute atomic E-state index is 0.149. The Hall–Kier alpha value is -1.56. The molecule has 1 heterocycles. The molecule has 0 aliphatic heterocycles. The fourth-order valence-electron chi connectivity index (χ4n) is 2.01. The summed E-state index contributed by atoms with van der Waals surface area (Å²) in [4.78, 5) is 17.8. The van der Waals surface area contributed by atoms with Gasteiger partial charge >= 0.3 is 0 Å². The number of anilines is 1. The Morgan fingerprint density at radius 3 is 3.00 bits per heavy atom. The molecule has 3 nitrogen and oxygen atoms in total. The van der Waals surface area contributed by atoms with Gasteiger partial charge in [0.15, 0.2) is 5.13 Å². The fourth-order valence-corrected chi connectivity index (χ4v) is 3.87. The van der Waals surface area contributed by atoms with E-state index in [0.717, 1.165) is 20.9 Å². The third-order valence-electron chi connectivity index (χ3n) is 2.98. The van der Waals surface area contributed by atoms with Crippen LogP contribution in [0.3, 0.4) is 0 Å². The lowest BCUT2D eigenvalue weighted by atomic mass is 10.2. The van der Waals surface area contributed by atoms with E-state index in [-0.39, 0.29) is 5.91 Å². The highest BCUT2D eigenvalue weighted by molar-refractivity contribution is 7.99. The van der Waals surface area contributed by atoms with Gasteiger partial charge in [-0.05, 0) is 42.2 Å². The second-order valence-electron chi connectivity index (χ2n) is 4.55. The SMILES string of the molecule is CCSc1cccc(C(=O)Nc2nc3ccc(Cl)cc3s2)c1. The Bertz CT molecular complexity index is 832. The number of rotatable bonds is 4. The lowest BCUT2D eigenvalue weighted by molar-refractivity contribution is 0.102. The van der Waals surface area contributed by atoms with E-state index in [4.69, 9.17) is 11.6 Å². The van der Waals surface area contributed by atoms with Crippen molar-refractivity contribution in [2.24, 2.45) is 0 Å². The van der Waals surface area contributed by atoms with Crippen LogP contribution < -0.4 is 5.32 Å². The number of nitrogens with zero attached hydrogens (tertiary/aromatic N) is 1. The number of halogens is 1. The summed E-state index contributed by atoms with van der Waals surface area (Å²) in [6.45, 7) is 2.09. The summed E-state index contributed by atoms with van der Waals surface area (Å²) in [6, 6.07) is 13.1. The van der Waals surface area contributed by atoms with Gasteiger partial charge in [0, 0.05) is 15.5 Å². The third kappa shape index (κ3) is 3.43. The summed E-state index contributed by atoms with van der Waals surface area (Å²) in [5.74, 6) is 0.827. The van der Waals surface area contributed by atoms with E-state index in [1.165, 1.54) is 11.3 Å². The summed E-state index contributed by atoms with van der Waals surface area (Å²) in [7, 11) is 0. The molecule has 0 spiro atoms. The first kappa shape index (κ1) is 15.3. The molecular weight excluding hydrogens is 336 g/mol. The number of aromatic nitrogens is 1. The summed E-state index contributed by atoms with van der Waals surface area (Å²) in [6.07, 6.45) is 0. The Balaban J connectivity index is 1.81. The van der Waals surface area contributed by atoms with Crippen LogP contribution in [0.4, 0.5) is 5.13 Å². The normalized spacial score (nSPS) is 10.8. The molecule has 22 heavy (non-hydrogen) atoms. The summed E-state index contributed by atoms with van der Waals surface area (Å²) < 4.78 is 0.957. The molecule has 2 aromatic carbocycles. The summed E-state index contributed by atoms with van der Waals surface area (Å²) in [5.41, 5.74) is 1.47. The first-order valence-corrected chi connectivity index (χ1v) is 8.94. The molecule has 3 aromatic rings. The lowest BCUT2D eigenvalue weighted by Crippen LogP contribution is -2.11. The van der Waals surface area contributed by atoms with Gasteiger partial charge in [0.05, 0.1) is 10.2 Å². The van der Waals surface area contributed by atoms with Crippen molar-refractivity contribution in [2.45, 2.75) is 11.8 Å². The van der Waals surface area contributed by atoms with E-state index in [1.54, 1.807) is 23.9 Å². The molecule has 1 amide bonds. The highest BCUT2D eigenvalue weighted by atomic mass is 35.5. The van der Waals surface area contributed by atoms with Gasteiger partial charge in [-0.2, -0.15) is 0 Å². The van der Waals surface area contributed by atoms with E-state index in [9.17, 15) is 4.79 Å². The number of fused-ring (bicyclic) bond motifs is 1. The Kier molecular flexibility index (Phi) is 4.66. The zero-order valence-electron chi connectivity index (χ0n) is 11.8. The van der Waals surface area contributed by atoms with Crippen LogP contribution in [0.1, 0.15) is 17.3 Å². The van der Waals surface area contributed by atoms with Crippen molar-refractivity contribution in [3.63, 3.8) is 0 Å². The Labute approximate surface area is 141 Å². The average Bonchev–Trinajstić information content (AvgIpc) is 2.89. The Morgan fingerprint density at radius 1 is 1.32 bits per heavy atom. The van der Waals surface area contributed by atoms with Crippen molar-refractivity contribution in [3.8, 4) is 0 Å². The highest BCUT2D eigenvalue weighted by Gasteiger charge is 2.10. The number of benzene rings is 2. The molecule has 1 N–H and O–H groups in total. The molecule has 0 saturated carbocycles. The van der Waals surface area contributed by atoms with Crippen molar-refractivity contribution in [1.82, 2.24) is 4.98 Å². The number of carbonyl (C=O) groups is 1. The number of amides is 1. The topological polar surface area (TPSA) is 42.0 Å². The van der Waals surface area contributed by atoms with Gasteiger partial charge in [0.2, 0.25) is 0 Å². The van der Waals surface area contributed by atoms with Crippen molar-refractivity contribution in [2.75, 3.05) is 11.1 Å². The number of hydrogen-bond donors (Lipinski definition) is 1. The van der Waals surface area contributed by atoms with E-state index in [0.29, 0.717) is 15.7 Å². The molecular formula is C16H13ClN2OS2. The van der Waals surface area contributed by atoms with Crippen LogP contribution in [-0.4, -0.2) is 16.6 Å². The average molecular weight is 349 g/mol. The van der Waals surface area contributed by atoms with Crippen LogP contribution in [-0.2, 0) is 0 Å². The van der Waals surface area contributed by atoms with Crippen LogP contribution in [0.25, 0.3) is 10.2 Å². The van der Waals surface area contributed by atoms with Gasteiger partial charge in [-0.15, -0.1) is 11.8 Å². The molecule has 0 aliphatic carbocycles. The molecule has 3 rings (SSSR count). The van der Waals surface area contributed by atoms with Gasteiger partial charge in [0.25, 0.3) is 5.91 Å². The number of nitrogens with one attached hydrogen (secondary N) is 1. The largest absolute Gasteiger partial charge is 0.298 e. The zero-order valence-corrected chi connectivity index (χ0v) is 14.2. The standard InChI is InChI=1S/C16H13ClN2OS2/c1-2-21-12-5-3-4-10(8-12)15(20)19-16-18-13-7-6-11(17)9-14(13)22-16/h3-9H,2H2,1H3,(H,18,19,20). The molecule has 0 bridgehead atoms.